The number of nitrogens with zero attached hydrogens (tertiary/aromatic N) is 3. The third-order valence-corrected chi connectivity index (χ3v) is 8.23. The van der Waals surface area contributed by atoms with Gasteiger partial charge >= 0.3 is 0 Å². The van der Waals surface area contributed by atoms with Gasteiger partial charge in [-0.15, -0.1) is 21.5 Å². The number of fused-ring (bicyclic) bond motifs is 3. The fraction of sp³-hybridized carbons (Fsp3) is 0.526. The zero-order valence-corrected chi connectivity index (χ0v) is 19.4. The summed E-state index contributed by atoms with van der Waals surface area (Å²) in [6, 6.07) is 0. The van der Waals surface area contributed by atoms with E-state index >= 15 is 0 Å². The molecule has 1 aliphatic carbocycles. The lowest BCUT2D eigenvalue weighted by molar-refractivity contribution is -0.115. The Hall–Kier alpha value is -1.82. The lowest BCUT2D eigenvalue weighted by atomic mass is 9.89. The van der Waals surface area contributed by atoms with Crippen molar-refractivity contribution in [2.24, 2.45) is 5.92 Å². The van der Waals surface area contributed by atoms with E-state index in [4.69, 9.17) is 4.74 Å². The molecule has 160 valence electrons. The topological polar surface area (TPSA) is 110 Å². The minimum absolute atomic E-state index is 0.113. The van der Waals surface area contributed by atoms with Crippen LogP contribution in [0.2, 0.25) is 0 Å². The number of amides is 1. The summed E-state index contributed by atoms with van der Waals surface area (Å²) in [6.07, 6.45) is 3.62. The SMILES string of the molecule is CCC(Sc1nc2sc3c(c2c(=O)[nH]1)CCC(C)C3)C(=O)Nc1nnc(COC)s1. The monoisotopic (exact) mass is 465 g/mol. The van der Waals surface area contributed by atoms with Crippen LogP contribution in [0.4, 0.5) is 5.13 Å². The number of thioether (sulfide) groups is 1. The van der Waals surface area contributed by atoms with Crippen LogP contribution < -0.4 is 10.9 Å². The molecule has 0 aromatic carbocycles. The van der Waals surface area contributed by atoms with Crippen LogP contribution in [0, 0.1) is 5.92 Å². The number of aryl methyl sites for hydroxylation is 1. The molecule has 3 aromatic rings. The highest BCUT2D eigenvalue weighted by Gasteiger charge is 2.25. The third kappa shape index (κ3) is 4.43. The number of aromatic amines is 1. The van der Waals surface area contributed by atoms with Crippen molar-refractivity contribution in [3.8, 4) is 0 Å². The van der Waals surface area contributed by atoms with E-state index in [0.29, 0.717) is 34.2 Å². The number of hydrogen-bond donors (Lipinski definition) is 2. The Balaban J connectivity index is 1.52. The second kappa shape index (κ2) is 9.13. The zero-order valence-electron chi connectivity index (χ0n) is 17.0. The molecule has 0 fully saturated rings. The summed E-state index contributed by atoms with van der Waals surface area (Å²) in [6.45, 7) is 4.52. The molecule has 4 rings (SSSR count). The standard InChI is InChI=1S/C19H23N5O3S3/c1-4-11(15(25)20-19-24-23-13(30-19)8-27-3)29-18-21-16(26)14-10-6-5-9(2)7-12(10)28-17(14)22-18/h9,11H,4-8H2,1-3H3,(H,20,24,25)(H,21,22,26). The van der Waals surface area contributed by atoms with Crippen molar-refractivity contribution >= 4 is 55.7 Å². The minimum Gasteiger partial charge on any atom is -0.377 e. The molecule has 3 aromatic heterocycles. The Morgan fingerprint density at radius 2 is 2.23 bits per heavy atom. The molecule has 30 heavy (non-hydrogen) atoms. The Labute approximate surface area is 185 Å². The first-order chi connectivity index (χ1) is 14.5. The van der Waals surface area contributed by atoms with Crippen molar-refractivity contribution in [2.75, 3.05) is 12.4 Å². The number of methoxy groups -OCH3 is 1. The molecule has 8 nitrogen and oxygen atoms in total. The molecule has 0 spiro atoms. The summed E-state index contributed by atoms with van der Waals surface area (Å²) < 4.78 is 5.03. The molecule has 2 N–H and O–H groups in total. The average Bonchev–Trinajstić information content (AvgIpc) is 3.29. The van der Waals surface area contributed by atoms with Gasteiger partial charge in [0.2, 0.25) is 11.0 Å². The maximum absolute atomic E-state index is 12.8. The number of hydrogen-bond acceptors (Lipinski definition) is 9. The first-order valence-electron chi connectivity index (χ1n) is 9.81. The van der Waals surface area contributed by atoms with E-state index < -0.39 is 5.25 Å². The van der Waals surface area contributed by atoms with Crippen LogP contribution in [0.3, 0.4) is 0 Å². The number of aromatic nitrogens is 4. The first kappa shape index (κ1) is 21.4. The Morgan fingerprint density at radius 3 is 3.00 bits per heavy atom. The van der Waals surface area contributed by atoms with Crippen molar-refractivity contribution in [3.05, 3.63) is 25.8 Å². The first-order valence-corrected chi connectivity index (χ1v) is 12.3. The number of thiophene rings is 1. The molecule has 1 aliphatic rings. The van der Waals surface area contributed by atoms with Gasteiger partial charge in [-0.1, -0.05) is 36.9 Å². The number of carbonyl (C=O) groups excluding carboxylic acids is 1. The highest BCUT2D eigenvalue weighted by Crippen LogP contribution is 2.36. The van der Waals surface area contributed by atoms with Crippen LogP contribution >= 0.6 is 34.4 Å². The molecule has 11 heteroatoms. The van der Waals surface area contributed by atoms with Gasteiger partial charge in [-0.05, 0) is 37.2 Å². The predicted molar refractivity (Wildman–Crippen MR) is 121 cm³/mol. The lowest BCUT2D eigenvalue weighted by Gasteiger charge is -2.17. The van der Waals surface area contributed by atoms with Gasteiger partial charge in [0.15, 0.2) is 5.16 Å². The molecular formula is C19H23N5O3S3. The molecule has 1 amide bonds. The summed E-state index contributed by atoms with van der Waals surface area (Å²) in [5.41, 5.74) is 1.05. The van der Waals surface area contributed by atoms with Crippen molar-refractivity contribution in [2.45, 2.75) is 56.5 Å². The third-order valence-electron chi connectivity index (χ3n) is 5.03. The average molecular weight is 466 g/mol. The summed E-state index contributed by atoms with van der Waals surface area (Å²) in [4.78, 5) is 35.1. The maximum atomic E-state index is 12.8. The number of ether oxygens (including phenoxy) is 1. The van der Waals surface area contributed by atoms with Crippen LogP contribution in [0.25, 0.3) is 10.2 Å². The Bertz CT molecular complexity index is 1120. The predicted octanol–water partition coefficient (Wildman–Crippen LogP) is 3.62. The summed E-state index contributed by atoms with van der Waals surface area (Å²) in [7, 11) is 1.58. The van der Waals surface area contributed by atoms with Crippen LogP contribution in [0.15, 0.2) is 9.95 Å². The Kier molecular flexibility index (Phi) is 6.51. The fourth-order valence-electron chi connectivity index (χ4n) is 3.51. The van der Waals surface area contributed by atoms with Gasteiger partial charge in [0, 0.05) is 12.0 Å². The normalized spacial score (nSPS) is 17.1. The zero-order chi connectivity index (χ0) is 21.3. The van der Waals surface area contributed by atoms with Gasteiger partial charge in [0.25, 0.3) is 5.56 Å². The lowest BCUT2D eigenvalue weighted by Crippen LogP contribution is -2.25. The van der Waals surface area contributed by atoms with E-state index in [1.807, 2.05) is 6.92 Å². The van der Waals surface area contributed by atoms with Crippen LogP contribution in [-0.4, -0.2) is 38.4 Å². The number of carbonyl (C=O) groups is 1. The molecule has 2 unspecified atom stereocenters. The van der Waals surface area contributed by atoms with Gasteiger partial charge in [0.05, 0.1) is 10.6 Å². The molecule has 2 atom stereocenters. The maximum Gasteiger partial charge on any atom is 0.260 e. The quantitative estimate of drug-likeness (QED) is 0.405. The molecule has 0 saturated carbocycles. The highest BCUT2D eigenvalue weighted by atomic mass is 32.2. The van der Waals surface area contributed by atoms with Crippen molar-refractivity contribution in [1.29, 1.82) is 0 Å². The second-order valence-electron chi connectivity index (χ2n) is 7.34. The summed E-state index contributed by atoms with van der Waals surface area (Å²) in [5.74, 6) is 0.445. The van der Waals surface area contributed by atoms with E-state index in [-0.39, 0.29) is 11.5 Å². The van der Waals surface area contributed by atoms with E-state index in [1.165, 1.54) is 28.0 Å². The van der Waals surface area contributed by atoms with Gasteiger partial charge < -0.3 is 9.72 Å². The molecule has 3 heterocycles. The minimum atomic E-state index is -0.407. The van der Waals surface area contributed by atoms with E-state index in [0.717, 1.165) is 35.0 Å². The van der Waals surface area contributed by atoms with E-state index in [2.05, 4.69) is 32.4 Å². The number of nitrogens with one attached hydrogen (secondary N) is 2. The number of anilines is 1. The smallest absolute Gasteiger partial charge is 0.260 e. The molecule has 0 aliphatic heterocycles. The highest BCUT2D eigenvalue weighted by molar-refractivity contribution is 8.00. The van der Waals surface area contributed by atoms with Gasteiger partial charge in [-0.25, -0.2) is 4.98 Å². The van der Waals surface area contributed by atoms with Crippen molar-refractivity contribution in [3.63, 3.8) is 0 Å². The number of H-pyrrole nitrogens is 1. The van der Waals surface area contributed by atoms with Crippen LogP contribution in [0.1, 0.15) is 42.1 Å². The molecule has 0 saturated heterocycles. The van der Waals surface area contributed by atoms with Crippen LogP contribution in [0.5, 0.6) is 0 Å². The summed E-state index contributed by atoms with van der Waals surface area (Å²) >= 11 is 4.16. The van der Waals surface area contributed by atoms with Crippen LogP contribution in [-0.2, 0) is 29.0 Å². The van der Waals surface area contributed by atoms with Gasteiger partial charge in [-0.3, -0.25) is 14.9 Å². The van der Waals surface area contributed by atoms with Crippen molar-refractivity contribution in [1.82, 2.24) is 20.2 Å². The van der Waals surface area contributed by atoms with Gasteiger partial charge in [-0.2, -0.15) is 0 Å². The second-order valence-corrected chi connectivity index (χ2v) is 10.7. The molecule has 0 radical (unpaired) electrons. The van der Waals surface area contributed by atoms with Gasteiger partial charge in [0.1, 0.15) is 16.4 Å². The van der Waals surface area contributed by atoms with Crippen molar-refractivity contribution < 1.29 is 9.53 Å². The van der Waals surface area contributed by atoms with E-state index in [1.54, 1.807) is 18.4 Å². The molecular weight excluding hydrogens is 442 g/mol. The summed E-state index contributed by atoms with van der Waals surface area (Å²) in [5, 5.41) is 12.7. The van der Waals surface area contributed by atoms with E-state index in [9.17, 15) is 9.59 Å². The largest absolute Gasteiger partial charge is 0.377 e. The Morgan fingerprint density at radius 1 is 1.40 bits per heavy atom. The fourth-order valence-corrected chi connectivity index (χ4v) is 6.57. The number of rotatable bonds is 7. The molecule has 0 bridgehead atoms.